The molecule has 2 aromatic rings. The van der Waals surface area contributed by atoms with Gasteiger partial charge in [0.1, 0.15) is 6.61 Å². The van der Waals surface area contributed by atoms with E-state index in [0.29, 0.717) is 5.56 Å². The predicted molar refractivity (Wildman–Crippen MR) is 87.8 cm³/mol. The third-order valence-corrected chi connectivity index (χ3v) is 3.18. The van der Waals surface area contributed by atoms with Gasteiger partial charge in [0.15, 0.2) is 0 Å². The van der Waals surface area contributed by atoms with Crippen molar-refractivity contribution in [2.75, 3.05) is 7.11 Å². The number of aryl methyl sites for hydroxylation is 1. The third-order valence-electron chi connectivity index (χ3n) is 3.18. The minimum Gasteiger partial charge on any atom is -0.465 e. The highest BCUT2D eigenvalue weighted by Gasteiger charge is 2.06. The Morgan fingerprint density at radius 1 is 1.09 bits per heavy atom. The fraction of sp³-hybridized carbons (Fsp3) is 0.158. The van der Waals surface area contributed by atoms with E-state index in [4.69, 9.17) is 4.74 Å². The molecule has 2 rings (SSSR count). The molecular formula is C19H18O4. The monoisotopic (exact) mass is 310 g/mol. The van der Waals surface area contributed by atoms with Crippen molar-refractivity contribution in [3.8, 4) is 0 Å². The quantitative estimate of drug-likeness (QED) is 0.626. The van der Waals surface area contributed by atoms with Gasteiger partial charge in [0.25, 0.3) is 0 Å². The molecule has 0 unspecified atom stereocenters. The first-order valence-electron chi connectivity index (χ1n) is 7.17. The molecular weight excluding hydrogens is 292 g/mol. The summed E-state index contributed by atoms with van der Waals surface area (Å²) in [5.74, 6) is -0.854. The molecule has 0 aliphatic heterocycles. The number of benzene rings is 2. The number of methoxy groups -OCH3 is 1. The Morgan fingerprint density at radius 3 is 2.61 bits per heavy atom. The number of rotatable bonds is 5. The lowest BCUT2D eigenvalue weighted by molar-refractivity contribution is -0.138. The lowest BCUT2D eigenvalue weighted by Crippen LogP contribution is -2.04. The molecule has 0 spiro atoms. The Morgan fingerprint density at radius 2 is 1.87 bits per heavy atom. The van der Waals surface area contributed by atoms with Crippen molar-refractivity contribution in [2.45, 2.75) is 13.5 Å². The number of ether oxygens (including phenoxy) is 2. The zero-order valence-corrected chi connectivity index (χ0v) is 13.1. The smallest absolute Gasteiger partial charge is 0.337 e. The lowest BCUT2D eigenvalue weighted by atomic mass is 10.1. The van der Waals surface area contributed by atoms with Crippen LogP contribution in [-0.4, -0.2) is 19.0 Å². The zero-order chi connectivity index (χ0) is 16.7. The first-order chi connectivity index (χ1) is 11.1. The topological polar surface area (TPSA) is 52.6 Å². The van der Waals surface area contributed by atoms with E-state index in [0.717, 1.165) is 16.7 Å². The van der Waals surface area contributed by atoms with Crippen LogP contribution in [0.1, 0.15) is 27.0 Å². The maximum absolute atomic E-state index is 11.7. The van der Waals surface area contributed by atoms with Crippen LogP contribution in [-0.2, 0) is 20.9 Å². The average Bonchev–Trinajstić information content (AvgIpc) is 2.57. The normalized spacial score (nSPS) is 10.5. The fourth-order valence-corrected chi connectivity index (χ4v) is 2.05. The zero-order valence-electron chi connectivity index (χ0n) is 13.1. The Bertz CT molecular complexity index is 732. The van der Waals surface area contributed by atoms with E-state index in [9.17, 15) is 9.59 Å². The van der Waals surface area contributed by atoms with Gasteiger partial charge in [0, 0.05) is 6.08 Å². The van der Waals surface area contributed by atoms with Gasteiger partial charge in [0.2, 0.25) is 0 Å². The molecule has 0 amide bonds. The standard InChI is InChI=1S/C19H18O4/c1-14-5-3-6-15(11-14)9-10-18(20)23-13-16-7-4-8-17(12-16)19(21)22-2/h3-12H,13H2,1-2H3/b10-9+. The van der Waals surface area contributed by atoms with Crippen molar-refractivity contribution in [3.05, 3.63) is 76.9 Å². The molecule has 0 heterocycles. The van der Waals surface area contributed by atoms with E-state index in [2.05, 4.69) is 4.74 Å². The molecule has 0 radical (unpaired) electrons. The van der Waals surface area contributed by atoms with Gasteiger partial charge in [-0.1, -0.05) is 42.0 Å². The maximum Gasteiger partial charge on any atom is 0.337 e. The summed E-state index contributed by atoms with van der Waals surface area (Å²) in [4.78, 5) is 23.2. The Labute approximate surface area is 135 Å². The summed E-state index contributed by atoms with van der Waals surface area (Å²) < 4.78 is 9.83. The second-order valence-corrected chi connectivity index (χ2v) is 5.05. The van der Waals surface area contributed by atoms with Crippen LogP contribution in [0.3, 0.4) is 0 Å². The fourth-order valence-electron chi connectivity index (χ4n) is 2.05. The van der Waals surface area contributed by atoms with Crippen LogP contribution in [0.2, 0.25) is 0 Å². The minimum absolute atomic E-state index is 0.0990. The van der Waals surface area contributed by atoms with Crippen LogP contribution >= 0.6 is 0 Å². The van der Waals surface area contributed by atoms with Crippen LogP contribution in [0.4, 0.5) is 0 Å². The molecule has 0 aliphatic carbocycles. The molecule has 4 heteroatoms. The van der Waals surface area contributed by atoms with Crippen LogP contribution in [0.15, 0.2) is 54.6 Å². The molecule has 118 valence electrons. The van der Waals surface area contributed by atoms with Gasteiger partial charge in [0.05, 0.1) is 12.7 Å². The van der Waals surface area contributed by atoms with Gasteiger partial charge in [-0.3, -0.25) is 0 Å². The van der Waals surface area contributed by atoms with Gasteiger partial charge in [-0.15, -0.1) is 0 Å². The van der Waals surface area contributed by atoms with Crippen molar-refractivity contribution in [3.63, 3.8) is 0 Å². The molecule has 0 atom stereocenters. The van der Waals surface area contributed by atoms with E-state index in [1.54, 1.807) is 30.3 Å². The molecule has 0 aliphatic rings. The Balaban J connectivity index is 1.93. The molecule has 0 saturated carbocycles. The number of carbonyl (C=O) groups excluding carboxylic acids is 2. The number of carbonyl (C=O) groups is 2. The van der Waals surface area contributed by atoms with Crippen molar-refractivity contribution in [2.24, 2.45) is 0 Å². The molecule has 23 heavy (non-hydrogen) atoms. The van der Waals surface area contributed by atoms with Crippen molar-refractivity contribution in [1.29, 1.82) is 0 Å². The summed E-state index contributed by atoms with van der Waals surface area (Å²) in [5, 5.41) is 0. The summed E-state index contributed by atoms with van der Waals surface area (Å²) in [5.41, 5.74) is 3.22. The van der Waals surface area contributed by atoms with Gasteiger partial charge >= 0.3 is 11.9 Å². The molecule has 2 aromatic carbocycles. The molecule has 0 N–H and O–H groups in total. The molecule has 4 nitrogen and oxygen atoms in total. The SMILES string of the molecule is COC(=O)c1cccc(COC(=O)/C=C/c2cccc(C)c2)c1. The van der Waals surface area contributed by atoms with Crippen LogP contribution in [0.5, 0.6) is 0 Å². The average molecular weight is 310 g/mol. The van der Waals surface area contributed by atoms with Gasteiger partial charge in [-0.05, 0) is 36.3 Å². The van der Waals surface area contributed by atoms with E-state index in [1.807, 2.05) is 31.2 Å². The van der Waals surface area contributed by atoms with Crippen LogP contribution in [0.25, 0.3) is 6.08 Å². The van der Waals surface area contributed by atoms with Gasteiger partial charge in [-0.2, -0.15) is 0 Å². The number of hydrogen-bond donors (Lipinski definition) is 0. The molecule has 0 aromatic heterocycles. The second kappa shape index (κ2) is 7.94. The predicted octanol–water partition coefficient (Wildman–Crippen LogP) is 3.54. The van der Waals surface area contributed by atoms with Crippen LogP contribution < -0.4 is 0 Å². The summed E-state index contributed by atoms with van der Waals surface area (Å²) >= 11 is 0. The van der Waals surface area contributed by atoms with Crippen LogP contribution in [0, 0.1) is 6.92 Å². The summed E-state index contributed by atoms with van der Waals surface area (Å²) in [7, 11) is 1.32. The minimum atomic E-state index is -0.435. The number of hydrogen-bond acceptors (Lipinski definition) is 4. The first kappa shape index (κ1) is 16.5. The highest BCUT2D eigenvalue weighted by Crippen LogP contribution is 2.09. The van der Waals surface area contributed by atoms with E-state index >= 15 is 0 Å². The van der Waals surface area contributed by atoms with Crippen molar-refractivity contribution in [1.82, 2.24) is 0 Å². The summed E-state index contributed by atoms with van der Waals surface area (Å²) in [6.07, 6.45) is 3.10. The Hall–Kier alpha value is -2.88. The van der Waals surface area contributed by atoms with Gasteiger partial charge in [-0.25, -0.2) is 9.59 Å². The largest absolute Gasteiger partial charge is 0.465 e. The first-order valence-corrected chi connectivity index (χ1v) is 7.17. The van der Waals surface area contributed by atoms with E-state index in [-0.39, 0.29) is 6.61 Å². The molecule has 0 fully saturated rings. The Kier molecular flexibility index (Phi) is 5.69. The number of esters is 2. The van der Waals surface area contributed by atoms with Crippen molar-refractivity contribution < 1.29 is 19.1 Å². The summed E-state index contributed by atoms with van der Waals surface area (Å²) in [6.45, 7) is 2.09. The second-order valence-electron chi connectivity index (χ2n) is 5.05. The highest BCUT2D eigenvalue weighted by molar-refractivity contribution is 5.89. The maximum atomic E-state index is 11.7. The van der Waals surface area contributed by atoms with Crippen molar-refractivity contribution >= 4 is 18.0 Å². The molecule has 0 bridgehead atoms. The van der Waals surface area contributed by atoms with E-state index < -0.39 is 11.9 Å². The lowest BCUT2D eigenvalue weighted by Gasteiger charge is -2.04. The van der Waals surface area contributed by atoms with E-state index in [1.165, 1.54) is 13.2 Å². The summed E-state index contributed by atoms with van der Waals surface area (Å²) in [6, 6.07) is 14.6. The highest BCUT2D eigenvalue weighted by atomic mass is 16.5. The van der Waals surface area contributed by atoms with Gasteiger partial charge < -0.3 is 9.47 Å². The third kappa shape index (κ3) is 5.11. The molecule has 0 saturated heterocycles.